The molecule has 2 unspecified atom stereocenters. The number of nitrogens with two attached hydrogens (primary N) is 1. The van der Waals surface area contributed by atoms with Crippen LogP contribution in [0.25, 0.3) is 0 Å². The Labute approximate surface area is 97.4 Å². The highest BCUT2D eigenvalue weighted by Gasteiger charge is 2.22. The third kappa shape index (κ3) is 2.38. The molecular formula is C11H15BrFNO. The van der Waals surface area contributed by atoms with Crippen LogP contribution in [-0.2, 0) is 0 Å². The zero-order valence-corrected chi connectivity index (χ0v) is 10.6. The average molecular weight is 276 g/mol. The number of hydrogen-bond donors (Lipinski definition) is 2. The van der Waals surface area contributed by atoms with Gasteiger partial charge in [0.1, 0.15) is 5.82 Å². The maximum absolute atomic E-state index is 13.8. The molecule has 0 saturated carbocycles. The highest BCUT2D eigenvalue weighted by molar-refractivity contribution is 9.10. The standard InChI is InChI=1S/C11H15BrFNO/c1-5-4-8(12)6(2)9(10(5)13)11(15)7(3)14/h4,7,11,15H,14H2,1-3H3. The van der Waals surface area contributed by atoms with Gasteiger partial charge >= 0.3 is 0 Å². The summed E-state index contributed by atoms with van der Waals surface area (Å²) in [6.45, 7) is 5.07. The smallest absolute Gasteiger partial charge is 0.132 e. The van der Waals surface area contributed by atoms with E-state index >= 15 is 0 Å². The summed E-state index contributed by atoms with van der Waals surface area (Å²) in [5.41, 5.74) is 7.06. The van der Waals surface area contributed by atoms with Gasteiger partial charge in [-0.25, -0.2) is 4.39 Å². The molecule has 4 heteroatoms. The molecule has 3 N–H and O–H groups in total. The minimum absolute atomic E-state index is 0.289. The predicted molar refractivity (Wildman–Crippen MR) is 62.2 cm³/mol. The van der Waals surface area contributed by atoms with Crippen molar-refractivity contribution in [1.82, 2.24) is 0 Å². The van der Waals surface area contributed by atoms with Crippen LogP contribution in [0.3, 0.4) is 0 Å². The quantitative estimate of drug-likeness (QED) is 0.872. The summed E-state index contributed by atoms with van der Waals surface area (Å²) in [6.07, 6.45) is -0.971. The first kappa shape index (κ1) is 12.6. The van der Waals surface area contributed by atoms with E-state index in [-0.39, 0.29) is 11.4 Å². The lowest BCUT2D eigenvalue weighted by molar-refractivity contribution is 0.148. The van der Waals surface area contributed by atoms with Crippen LogP contribution >= 0.6 is 15.9 Å². The van der Waals surface area contributed by atoms with Gasteiger partial charge in [-0.1, -0.05) is 15.9 Å². The van der Waals surface area contributed by atoms with Gasteiger partial charge in [0.15, 0.2) is 0 Å². The first-order valence-corrected chi connectivity index (χ1v) is 5.54. The number of benzene rings is 1. The molecule has 0 fully saturated rings. The predicted octanol–water partition coefficient (Wildman–Crippen LogP) is 2.59. The fraction of sp³-hybridized carbons (Fsp3) is 0.455. The van der Waals surface area contributed by atoms with E-state index < -0.39 is 12.1 Å². The molecule has 0 saturated heterocycles. The maximum Gasteiger partial charge on any atom is 0.132 e. The van der Waals surface area contributed by atoms with E-state index in [1.54, 1.807) is 26.8 Å². The molecule has 1 aromatic rings. The van der Waals surface area contributed by atoms with E-state index in [0.29, 0.717) is 11.1 Å². The van der Waals surface area contributed by atoms with Crippen LogP contribution in [-0.4, -0.2) is 11.1 Å². The van der Waals surface area contributed by atoms with Gasteiger partial charge in [0.05, 0.1) is 6.10 Å². The summed E-state index contributed by atoms with van der Waals surface area (Å²) in [6, 6.07) is 1.20. The molecule has 1 rings (SSSR count). The van der Waals surface area contributed by atoms with Crippen LogP contribution in [0.2, 0.25) is 0 Å². The second-order valence-electron chi connectivity index (χ2n) is 3.83. The molecule has 0 aromatic heterocycles. The summed E-state index contributed by atoms with van der Waals surface area (Å²) < 4.78 is 14.6. The van der Waals surface area contributed by atoms with Gasteiger partial charge in [-0.3, -0.25) is 0 Å². The van der Waals surface area contributed by atoms with E-state index in [9.17, 15) is 9.50 Å². The van der Waals surface area contributed by atoms with E-state index in [4.69, 9.17) is 5.73 Å². The fourth-order valence-corrected chi connectivity index (χ4v) is 2.04. The zero-order chi connectivity index (χ0) is 11.7. The van der Waals surface area contributed by atoms with E-state index in [1.807, 2.05) is 0 Å². The first-order valence-electron chi connectivity index (χ1n) is 4.75. The number of hydrogen-bond acceptors (Lipinski definition) is 2. The number of aryl methyl sites for hydroxylation is 1. The first-order chi connectivity index (χ1) is 6.86. The number of rotatable bonds is 2. The number of aliphatic hydroxyl groups excluding tert-OH is 1. The molecule has 0 aliphatic heterocycles. The molecule has 0 amide bonds. The van der Waals surface area contributed by atoms with Gasteiger partial charge < -0.3 is 10.8 Å². The molecule has 0 bridgehead atoms. The van der Waals surface area contributed by atoms with Gasteiger partial charge in [-0.05, 0) is 38.0 Å². The van der Waals surface area contributed by atoms with Crippen molar-refractivity contribution in [3.05, 3.63) is 33.0 Å². The van der Waals surface area contributed by atoms with E-state index in [2.05, 4.69) is 15.9 Å². The average Bonchev–Trinajstić information content (AvgIpc) is 2.15. The minimum Gasteiger partial charge on any atom is -0.387 e. The molecule has 0 aliphatic carbocycles. The maximum atomic E-state index is 13.8. The van der Waals surface area contributed by atoms with Gasteiger partial charge in [-0.15, -0.1) is 0 Å². The molecule has 0 radical (unpaired) electrons. The van der Waals surface area contributed by atoms with Crippen molar-refractivity contribution in [3.63, 3.8) is 0 Å². The Morgan fingerprint density at radius 3 is 2.47 bits per heavy atom. The zero-order valence-electron chi connectivity index (χ0n) is 9.01. The van der Waals surface area contributed by atoms with Crippen molar-refractivity contribution in [1.29, 1.82) is 0 Å². The molecule has 15 heavy (non-hydrogen) atoms. The molecule has 0 heterocycles. The van der Waals surface area contributed by atoms with Crippen molar-refractivity contribution in [3.8, 4) is 0 Å². The summed E-state index contributed by atoms with van der Waals surface area (Å²) >= 11 is 3.33. The molecule has 0 aliphatic rings. The lowest BCUT2D eigenvalue weighted by atomic mass is 9.96. The molecule has 1 aromatic carbocycles. The van der Waals surface area contributed by atoms with Crippen molar-refractivity contribution in [2.45, 2.75) is 32.9 Å². The summed E-state index contributed by atoms with van der Waals surface area (Å²) in [5, 5.41) is 9.82. The summed E-state index contributed by atoms with van der Waals surface area (Å²) in [7, 11) is 0. The van der Waals surface area contributed by atoms with Gasteiger partial charge in [0.25, 0.3) is 0 Å². The minimum atomic E-state index is -0.971. The molecule has 2 atom stereocenters. The molecule has 2 nitrogen and oxygen atoms in total. The van der Waals surface area contributed by atoms with Crippen molar-refractivity contribution in [2.24, 2.45) is 5.73 Å². The number of aliphatic hydroxyl groups is 1. The van der Waals surface area contributed by atoms with Crippen LogP contribution in [0.4, 0.5) is 4.39 Å². The molecular weight excluding hydrogens is 261 g/mol. The SMILES string of the molecule is Cc1cc(Br)c(C)c(C(O)C(C)N)c1F. The van der Waals surface area contributed by atoms with Gasteiger partial charge in [0, 0.05) is 16.1 Å². The topological polar surface area (TPSA) is 46.2 Å². The fourth-order valence-electron chi connectivity index (χ4n) is 1.48. The second kappa shape index (κ2) is 4.60. The van der Waals surface area contributed by atoms with E-state index in [0.717, 1.165) is 4.47 Å². The van der Waals surface area contributed by atoms with Crippen LogP contribution in [0, 0.1) is 19.7 Å². The Morgan fingerprint density at radius 1 is 1.47 bits per heavy atom. The highest BCUT2D eigenvalue weighted by Crippen LogP contribution is 2.30. The van der Waals surface area contributed by atoms with Crippen molar-refractivity contribution < 1.29 is 9.50 Å². The summed E-state index contributed by atoms with van der Waals surface area (Å²) in [5.74, 6) is -0.375. The van der Waals surface area contributed by atoms with Gasteiger partial charge in [-0.2, -0.15) is 0 Å². The molecule has 84 valence electrons. The third-order valence-electron chi connectivity index (χ3n) is 2.48. The Kier molecular flexibility index (Phi) is 3.87. The summed E-state index contributed by atoms with van der Waals surface area (Å²) in [4.78, 5) is 0. The monoisotopic (exact) mass is 275 g/mol. The van der Waals surface area contributed by atoms with Crippen molar-refractivity contribution in [2.75, 3.05) is 0 Å². The van der Waals surface area contributed by atoms with Crippen LogP contribution in [0.15, 0.2) is 10.5 Å². The molecule has 0 spiro atoms. The van der Waals surface area contributed by atoms with Crippen molar-refractivity contribution >= 4 is 15.9 Å². The highest BCUT2D eigenvalue weighted by atomic mass is 79.9. The van der Waals surface area contributed by atoms with Crippen LogP contribution in [0.1, 0.15) is 29.7 Å². The lowest BCUT2D eigenvalue weighted by Gasteiger charge is -2.20. The largest absolute Gasteiger partial charge is 0.387 e. The Morgan fingerprint density at radius 2 is 2.00 bits per heavy atom. The van der Waals surface area contributed by atoms with Gasteiger partial charge in [0.2, 0.25) is 0 Å². The Balaban J connectivity index is 3.39. The van der Waals surface area contributed by atoms with Crippen LogP contribution < -0.4 is 5.73 Å². The Hall–Kier alpha value is -0.450. The third-order valence-corrected chi connectivity index (χ3v) is 3.31. The van der Waals surface area contributed by atoms with Crippen LogP contribution in [0.5, 0.6) is 0 Å². The number of halogens is 2. The van der Waals surface area contributed by atoms with E-state index in [1.165, 1.54) is 0 Å². The second-order valence-corrected chi connectivity index (χ2v) is 4.69. The normalized spacial score (nSPS) is 15.1. The lowest BCUT2D eigenvalue weighted by Crippen LogP contribution is -2.26. The Bertz CT molecular complexity index is 353.